The maximum atomic E-state index is 12.0. The van der Waals surface area contributed by atoms with Gasteiger partial charge in [0.2, 0.25) is 0 Å². The lowest BCUT2D eigenvalue weighted by atomic mass is 10.3. The van der Waals surface area contributed by atoms with Gasteiger partial charge in [-0.25, -0.2) is 13.8 Å². The molecule has 0 unspecified atom stereocenters. The molecule has 0 aliphatic rings. The van der Waals surface area contributed by atoms with Crippen LogP contribution < -0.4 is 0 Å². The van der Waals surface area contributed by atoms with Crippen molar-refractivity contribution in [2.75, 3.05) is 0 Å². The Kier molecular flexibility index (Phi) is 2.62. The van der Waals surface area contributed by atoms with Gasteiger partial charge < -0.3 is 0 Å². The van der Waals surface area contributed by atoms with Gasteiger partial charge in [0.1, 0.15) is 5.15 Å². The van der Waals surface area contributed by atoms with Gasteiger partial charge in [-0.05, 0) is 6.07 Å². The van der Waals surface area contributed by atoms with E-state index in [1.165, 1.54) is 6.20 Å². The van der Waals surface area contributed by atoms with E-state index in [4.69, 9.17) is 23.2 Å². The summed E-state index contributed by atoms with van der Waals surface area (Å²) in [5.41, 5.74) is -0.334. The molecule has 1 heterocycles. The molecule has 0 amide bonds. The molecule has 1 nitrogen and oxygen atoms in total. The first-order valence-electron chi connectivity index (χ1n) is 2.70. The van der Waals surface area contributed by atoms with Gasteiger partial charge in [-0.15, -0.1) is 0 Å². The third-order valence-corrected chi connectivity index (χ3v) is 1.59. The number of pyridine rings is 1. The Morgan fingerprint density at radius 2 is 2.00 bits per heavy atom. The molecule has 1 aromatic heterocycles. The van der Waals surface area contributed by atoms with Crippen LogP contribution in [0.4, 0.5) is 8.78 Å². The average Bonchev–Trinajstić information content (AvgIpc) is 1.94. The first-order valence-corrected chi connectivity index (χ1v) is 3.46. The van der Waals surface area contributed by atoms with Crippen molar-refractivity contribution in [3.05, 3.63) is 28.0 Å². The van der Waals surface area contributed by atoms with Gasteiger partial charge in [0.25, 0.3) is 6.43 Å². The number of nitrogens with zero attached hydrogens (tertiary/aromatic N) is 1. The lowest BCUT2D eigenvalue weighted by Gasteiger charge is -2.00. The van der Waals surface area contributed by atoms with E-state index < -0.39 is 6.43 Å². The maximum absolute atomic E-state index is 12.0. The fourth-order valence-electron chi connectivity index (χ4n) is 0.591. The minimum atomic E-state index is -2.63. The summed E-state index contributed by atoms with van der Waals surface area (Å²) in [5.74, 6) is 0. The second kappa shape index (κ2) is 3.32. The standard InChI is InChI=1S/C6H3Cl2F2N/c7-3-1-4(6(9)10)5(8)11-2-3/h1-2,6H. The van der Waals surface area contributed by atoms with E-state index in [1.54, 1.807) is 0 Å². The highest BCUT2D eigenvalue weighted by Crippen LogP contribution is 2.27. The van der Waals surface area contributed by atoms with Gasteiger partial charge in [-0.3, -0.25) is 0 Å². The number of alkyl halides is 2. The molecule has 0 aliphatic carbocycles. The van der Waals surface area contributed by atoms with E-state index in [0.29, 0.717) is 0 Å². The van der Waals surface area contributed by atoms with E-state index >= 15 is 0 Å². The number of halogens is 4. The Morgan fingerprint density at radius 1 is 1.36 bits per heavy atom. The molecule has 11 heavy (non-hydrogen) atoms. The first-order chi connectivity index (χ1) is 5.11. The molecule has 0 saturated carbocycles. The van der Waals surface area contributed by atoms with Gasteiger partial charge in [0, 0.05) is 6.20 Å². The monoisotopic (exact) mass is 197 g/mol. The lowest BCUT2D eigenvalue weighted by Crippen LogP contribution is -1.88. The Hall–Kier alpha value is -0.410. The minimum absolute atomic E-state index is 0.157. The molecule has 0 N–H and O–H groups in total. The fraction of sp³-hybridized carbons (Fsp3) is 0.167. The molecule has 1 aromatic rings. The third kappa shape index (κ3) is 2.01. The van der Waals surface area contributed by atoms with Crippen LogP contribution in [-0.4, -0.2) is 4.98 Å². The molecule has 1 rings (SSSR count). The second-order valence-electron chi connectivity index (χ2n) is 1.83. The van der Waals surface area contributed by atoms with Crippen molar-refractivity contribution in [3.8, 4) is 0 Å². The van der Waals surface area contributed by atoms with E-state index in [2.05, 4.69) is 4.98 Å². The molecule has 0 atom stereocenters. The third-order valence-electron chi connectivity index (χ3n) is 1.07. The van der Waals surface area contributed by atoms with E-state index in [-0.39, 0.29) is 15.7 Å². The van der Waals surface area contributed by atoms with Crippen LogP contribution in [0.1, 0.15) is 12.0 Å². The highest BCUT2D eigenvalue weighted by Gasteiger charge is 2.12. The number of aromatic nitrogens is 1. The van der Waals surface area contributed by atoms with Gasteiger partial charge >= 0.3 is 0 Å². The molecular formula is C6H3Cl2F2N. The Balaban J connectivity index is 3.13. The minimum Gasteiger partial charge on any atom is -0.243 e. The number of hydrogen-bond donors (Lipinski definition) is 0. The van der Waals surface area contributed by atoms with Crippen LogP contribution in [0.2, 0.25) is 10.2 Å². The van der Waals surface area contributed by atoms with Crippen LogP contribution in [0.5, 0.6) is 0 Å². The Morgan fingerprint density at radius 3 is 2.45 bits per heavy atom. The summed E-state index contributed by atoms with van der Waals surface area (Å²) in [5, 5.41) is -0.0471. The molecule has 0 bridgehead atoms. The predicted molar refractivity (Wildman–Crippen MR) is 39.2 cm³/mol. The van der Waals surface area contributed by atoms with Crippen molar-refractivity contribution in [3.63, 3.8) is 0 Å². The second-order valence-corrected chi connectivity index (χ2v) is 2.63. The molecular weight excluding hydrogens is 195 g/mol. The number of hydrogen-bond acceptors (Lipinski definition) is 1. The van der Waals surface area contributed by atoms with Crippen LogP contribution in [0.15, 0.2) is 12.3 Å². The Bertz CT molecular complexity index is 265. The average molecular weight is 198 g/mol. The van der Waals surface area contributed by atoms with Crippen molar-refractivity contribution in [1.82, 2.24) is 4.98 Å². The summed E-state index contributed by atoms with van der Waals surface area (Å²) >= 11 is 10.7. The van der Waals surface area contributed by atoms with E-state index in [1.807, 2.05) is 0 Å². The summed E-state index contributed by atoms with van der Waals surface area (Å²) in [4.78, 5) is 3.45. The normalized spacial score (nSPS) is 10.6. The van der Waals surface area contributed by atoms with E-state index in [0.717, 1.165) is 6.07 Å². The van der Waals surface area contributed by atoms with Crippen molar-refractivity contribution in [2.24, 2.45) is 0 Å². The molecule has 0 aliphatic heterocycles. The molecule has 0 fully saturated rings. The molecule has 5 heteroatoms. The van der Waals surface area contributed by atoms with Crippen LogP contribution in [0.3, 0.4) is 0 Å². The zero-order valence-electron chi connectivity index (χ0n) is 5.19. The highest BCUT2D eigenvalue weighted by molar-refractivity contribution is 6.32. The largest absolute Gasteiger partial charge is 0.266 e. The summed E-state index contributed by atoms with van der Waals surface area (Å²) in [7, 11) is 0. The molecule has 0 spiro atoms. The predicted octanol–water partition coefficient (Wildman–Crippen LogP) is 3.33. The van der Waals surface area contributed by atoms with Gasteiger partial charge in [0.15, 0.2) is 0 Å². The van der Waals surface area contributed by atoms with Gasteiger partial charge in [-0.1, -0.05) is 23.2 Å². The lowest BCUT2D eigenvalue weighted by molar-refractivity contribution is 0.151. The summed E-state index contributed by atoms with van der Waals surface area (Å²) in [6.07, 6.45) is -1.41. The van der Waals surface area contributed by atoms with E-state index in [9.17, 15) is 8.78 Å². The quantitative estimate of drug-likeness (QED) is 0.630. The summed E-state index contributed by atoms with van der Waals surface area (Å²) in [6, 6.07) is 1.10. The van der Waals surface area contributed by atoms with Crippen molar-refractivity contribution >= 4 is 23.2 Å². The summed E-state index contributed by atoms with van der Waals surface area (Å²) in [6.45, 7) is 0. The van der Waals surface area contributed by atoms with Gasteiger partial charge in [0.05, 0.1) is 10.6 Å². The molecule has 0 aromatic carbocycles. The fourth-order valence-corrected chi connectivity index (χ4v) is 0.943. The topological polar surface area (TPSA) is 12.9 Å². The molecule has 0 saturated heterocycles. The van der Waals surface area contributed by atoms with Crippen LogP contribution in [0, 0.1) is 0 Å². The molecule has 0 radical (unpaired) electrons. The maximum Gasteiger partial charge on any atom is 0.266 e. The van der Waals surface area contributed by atoms with Crippen LogP contribution in [-0.2, 0) is 0 Å². The van der Waals surface area contributed by atoms with Crippen LogP contribution in [0.25, 0.3) is 0 Å². The van der Waals surface area contributed by atoms with Gasteiger partial charge in [-0.2, -0.15) is 0 Å². The SMILES string of the molecule is FC(F)c1cc(Cl)cnc1Cl. The smallest absolute Gasteiger partial charge is 0.243 e. The van der Waals surface area contributed by atoms with Crippen molar-refractivity contribution in [2.45, 2.75) is 6.43 Å². The Labute approximate surface area is 72.0 Å². The zero-order chi connectivity index (χ0) is 8.43. The number of rotatable bonds is 1. The first kappa shape index (κ1) is 8.68. The molecule has 60 valence electrons. The van der Waals surface area contributed by atoms with Crippen LogP contribution >= 0.6 is 23.2 Å². The zero-order valence-corrected chi connectivity index (χ0v) is 6.70. The highest BCUT2D eigenvalue weighted by atomic mass is 35.5. The summed E-state index contributed by atoms with van der Waals surface area (Å²) < 4.78 is 24.0. The van der Waals surface area contributed by atoms with Crippen molar-refractivity contribution in [1.29, 1.82) is 0 Å². The van der Waals surface area contributed by atoms with Crippen molar-refractivity contribution < 1.29 is 8.78 Å².